The first-order valence-electron chi connectivity index (χ1n) is 6.13. The molecule has 0 spiro atoms. The van der Waals surface area contributed by atoms with Gasteiger partial charge in [0.2, 0.25) is 0 Å². The van der Waals surface area contributed by atoms with Gasteiger partial charge in [-0.25, -0.2) is 4.79 Å². The van der Waals surface area contributed by atoms with Gasteiger partial charge in [0, 0.05) is 13.1 Å². The zero-order valence-corrected chi connectivity index (χ0v) is 11.7. The van der Waals surface area contributed by atoms with Crippen LogP contribution in [0.25, 0.3) is 11.1 Å². The van der Waals surface area contributed by atoms with Crippen LogP contribution in [-0.2, 0) is 4.79 Å². The number of fused-ring (bicyclic) bond motifs is 1. The number of carboxylic acids is 1. The van der Waals surface area contributed by atoms with E-state index in [0.29, 0.717) is 24.2 Å². The van der Waals surface area contributed by atoms with Gasteiger partial charge in [-0.3, -0.25) is 9.78 Å². The van der Waals surface area contributed by atoms with E-state index in [-0.39, 0.29) is 11.8 Å². The largest absolute Gasteiger partial charge is 0.481 e. The molecule has 1 unspecified atom stereocenters. The summed E-state index contributed by atoms with van der Waals surface area (Å²) in [6.07, 6.45) is 0.0752. The Morgan fingerprint density at radius 3 is 3.00 bits per heavy atom. The Labute approximate surface area is 119 Å². The van der Waals surface area contributed by atoms with Crippen LogP contribution in [-0.4, -0.2) is 41.1 Å². The number of aromatic amines is 1. The number of nitrogens with one attached hydrogen (secondary N) is 1. The summed E-state index contributed by atoms with van der Waals surface area (Å²) in [5, 5.41) is 8.32. The number of H-pyrrole nitrogens is 1. The van der Waals surface area contributed by atoms with Crippen molar-refractivity contribution in [2.75, 3.05) is 20.1 Å². The quantitative estimate of drug-likeness (QED) is 0.794. The van der Waals surface area contributed by atoms with Gasteiger partial charge in [-0.1, -0.05) is 6.07 Å². The van der Waals surface area contributed by atoms with E-state index in [0.717, 1.165) is 5.56 Å². The highest BCUT2D eigenvalue weighted by Gasteiger charge is 2.13. The monoisotopic (exact) mass is 298 g/mol. The first-order valence-corrected chi connectivity index (χ1v) is 6.56. The third-order valence-corrected chi connectivity index (χ3v) is 3.38. The van der Waals surface area contributed by atoms with Gasteiger partial charge < -0.3 is 14.4 Å². The Bertz CT molecular complexity index is 664. The van der Waals surface area contributed by atoms with E-state index in [1.54, 1.807) is 12.1 Å². The number of oxazole rings is 1. The van der Waals surface area contributed by atoms with Crippen LogP contribution in [0.3, 0.4) is 0 Å². The van der Waals surface area contributed by atoms with Crippen LogP contribution in [0.4, 0.5) is 0 Å². The molecule has 2 N–H and O–H groups in total. The first kappa shape index (κ1) is 14.6. The van der Waals surface area contributed by atoms with Gasteiger partial charge in [0.05, 0.1) is 17.3 Å². The third-order valence-electron chi connectivity index (χ3n) is 2.99. The topological polar surface area (TPSA) is 86.5 Å². The molecule has 0 aliphatic rings. The van der Waals surface area contributed by atoms with E-state index >= 15 is 0 Å². The number of halogens is 1. The molecule has 0 aliphatic heterocycles. The van der Waals surface area contributed by atoms with Crippen LogP contribution in [0.2, 0.25) is 0 Å². The molecular formula is C13H15ClN2O4. The molecule has 20 heavy (non-hydrogen) atoms. The van der Waals surface area contributed by atoms with E-state index in [9.17, 15) is 9.59 Å². The molecule has 1 aromatic carbocycles. The highest BCUT2D eigenvalue weighted by molar-refractivity contribution is 6.21. The van der Waals surface area contributed by atoms with E-state index in [4.69, 9.17) is 21.1 Å². The lowest BCUT2D eigenvalue weighted by Gasteiger charge is -2.19. The number of hydrogen-bond donors (Lipinski definition) is 2. The Morgan fingerprint density at radius 1 is 1.55 bits per heavy atom. The average Bonchev–Trinajstić information content (AvgIpc) is 2.75. The van der Waals surface area contributed by atoms with E-state index in [1.165, 1.54) is 0 Å². The summed E-state index contributed by atoms with van der Waals surface area (Å²) in [4.78, 5) is 26.0. The van der Waals surface area contributed by atoms with E-state index < -0.39 is 11.7 Å². The number of carbonyl (C=O) groups is 1. The van der Waals surface area contributed by atoms with Crippen LogP contribution in [0, 0.1) is 0 Å². The molecule has 6 nitrogen and oxygen atoms in total. The number of aliphatic carboxylic acids is 1. The number of nitrogens with zero attached hydrogens (tertiary/aromatic N) is 1. The number of rotatable bonds is 6. The van der Waals surface area contributed by atoms with Gasteiger partial charge in [0.15, 0.2) is 5.58 Å². The summed E-state index contributed by atoms with van der Waals surface area (Å²) >= 11 is 6.30. The van der Waals surface area contributed by atoms with Crippen molar-refractivity contribution in [3.8, 4) is 0 Å². The number of alkyl halides is 1. The molecule has 0 aliphatic carbocycles. The van der Waals surface area contributed by atoms with Crippen LogP contribution in [0.1, 0.15) is 17.4 Å². The second kappa shape index (κ2) is 6.11. The van der Waals surface area contributed by atoms with Gasteiger partial charge in [-0.05, 0) is 24.7 Å². The molecular weight excluding hydrogens is 284 g/mol. The second-order valence-electron chi connectivity index (χ2n) is 4.64. The normalized spacial score (nSPS) is 12.9. The number of carboxylic acid groups (broad SMARTS) is 1. The van der Waals surface area contributed by atoms with Crippen molar-refractivity contribution in [2.24, 2.45) is 0 Å². The molecule has 0 radical (unpaired) electrons. The van der Waals surface area contributed by atoms with E-state index in [2.05, 4.69) is 4.98 Å². The molecule has 7 heteroatoms. The number of aromatic nitrogens is 1. The molecule has 0 fully saturated rings. The zero-order chi connectivity index (χ0) is 14.7. The average molecular weight is 299 g/mol. The van der Waals surface area contributed by atoms with Gasteiger partial charge in [0.1, 0.15) is 0 Å². The van der Waals surface area contributed by atoms with Crippen molar-refractivity contribution in [3.63, 3.8) is 0 Å². The number of benzene rings is 1. The van der Waals surface area contributed by atoms with Crippen molar-refractivity contribution >= 4 is 28.7 Å². The highest BCUT2D eigenvalue weighted by Crippen LogP contribution is 2.24. The van der Waals surface area contributed by atoms with Crippen molar-refractivity contribution in [1.82, 2.24) is 9.88 Å². The molecule has 1 aromatic heterocycles. The van der Waals surface area contributed by atoms with Gasteiger partial charge in [-0.2, -0.15) is 0 Å². The minimum atomic E-state index is -0.835. The minimum Gasteiger partial charge on any atom is -0.481 e. The minimum absolute atomic E-state index is 0.0752. The van der Waals surface area contributed by atoms with Crippen LogP contribution in [0.5, 0.6) is 0 Å². The molecule has 0 saturated heterocycles. The Kier molecular flexibility index (Phi) is 4.46. The lowest BCUT2D eigenvalue weighted by atomic mass is 10.1. The zero-order valence-electron chi connectivity index (χ0n) is 10.9. The van der Waals surface area contributed by atoms with Crippen LogP contribution in [0.15, 0.2) is 27.4 Å². The fourth-order valence-corrected chi connectivity index (χ4v) is 2.28. The van der Waals surface area contributed by atoms with Gasteiger partial charge in [0.25, 0.3) is 0 Å². The first-order chi connectivity index (χ1) is 9.45. The maximum absolute atomic E-state index is 11.1. The number of hydrogen-bond acceptors (Lipinski definition) is 4. The maximum atomic E-state index is 11.1. The molecule has 0 saturated carbocycles. The number of likely N-dealkylation sites (N-methyl/N-ethyl adjacent to an activating group) is 1. The Balaban J connectivity index is 2.04. The van der Waals surface area contributed by atoms with Crippen LogP contribution >= 0.6 is 11.6 Å². The summed E-state index contributed by atoms with van der Waals surface area (Å²) in [5.41, 5.74) is 1.91. The second-order valence-corrected chi connectivity index (χ2v) is 5.17. The van der Waals surface area contributed by atoms with Crippen molar-refractivity contribution in [1.29, 1.82) is 0 Å². The van der Waals surface area contributed by atoms with Gasteiger partial charge >= 0.3 is 11.7 Å². The highest BCUT2D eigenvalue weighted by atomic mass is 35.5. The third kappa shape index (κ3) is 3.61. The summed E-state index contributed by atoms with van der Waals surface area (Å²) in [5.74, 6) is -1.33. The SMILES string of the molecule is CN(CCC(=O)O)CC(Cl)c1ccc2[nH]c(=O)oc2c1. The molecule has 1 atom stereocenters. The predicted molar refractivity (Wildman–Crippen MR) is 75.2 cm³/mol. The molecule has 108 valence electrons. The van der Waals surface area contributed by atoms with Crippen LogP contribution < -0.4 is 5.76 Å². The Hall–Kier alpha value is -1.79. The lowest BCUT2D eigenvalue weighted by Crippen LogP contribution is -2.25. The fraction of sp³-hybridized carbons (Fsp3) is 0.385. The molecule has 0 amide bonds. The van der Waals surface area contributed by atoms with E-state index in [1.807, 2.05) is 18.0 Å². The summed E-state index contributed by atoms with van der Waals surface area (Å²) in [7, 11) is 1.81. The molecule has 2 rings (SSSR count). The maximum Gasteiger partial charge on any atom is 0.417 e. The Morgan fingerprint density at radius 2 is 2.30 bits per heavy atom. The van der Waals surface area contributed by atoms with Crippen molar-refractivity contribution in [3.05, 3.63) is 34.3 Å². The summed E-state index contributed by atoms with van der Waals surface area (Å²) in [6.45, 7) is 0.940. The van der Waals surface area contributed by atoms with Crippen molar-refractivity contribution < 1.29 is 14.3 Å². The molecule has 1 heterocycles. The summed E-state index contributed by atoms with van der Waals surface area (Å²) in [6, 6.07) is 5.27. The van der Waals surface area contributed by atoms with Crippen molar-refractivity contribution in [2.45, 2.75) is 11.8 Å². The molecule has 2 aromatic rings. The van der Waals surface area contributed by atoms with Gasteiger partial charge in [-0.15, -0.1) is 11.6 Å². The molecule has 0 bridgehead atoms. The fourth-order valence-electron chi connectivity index (χ4n) is 1.91. The predicted octanol–water partition coefficient (Wildman–Crippen LogP) is 1.81. The summed E-state index contributed by atoms with van der Waals surface area (Å²) < 4.78 is 4.98. The lowest BCUT2D eigenvalue weighted by molar-refractivity contribution is -0.137. The standard InChI is InChI=1S/C13H15ClN2O4/c1-16(5-4-12(17)18)7-9(14)8-2-3-10-11(6-8)20-13(19)15-10/h2-3,6,9H,4-5,7H2,1H3,(H,15,19)(H,17,18). The smallest absolute Gasteiger partial charge is 0.417 e.